The molecule has 1 fully saturated rings. The summed E-state index contributed by atoms with van der Waals surface area (Å²) in [5.41, 5.74) is 1.67. The van der Waals surface area contributed by atoms with Crippen LogP contribution in [0.1, 0.15) is 17.2 Å². The highest BCUT2D eigenvalue weighted by Gasteiger charge is 2.35. The summed E-state index contributed by atoms with van der Waals surface area (Å²) in [7, 11) is 0. The number of hydrogen-bond acceptors (Lipinski definition) is 3. The Kier molecular flexibility index (Phi) is 2.62. The van der Waals surface area contributed by atoms with E-state index in [1.807, 2.05) is 19.1 Å². The van der Waals surface area contributed by atoms with Crippen LogP contribution in [0, 0.1) is 6.92 Å². The first-order valence-corrected chi connectivity index (χ1v) is 4.94. The summed E-state index contributed by atoms with van der Waals surface area (Å²) in [6, 6.07) is 5.67. The number of aliphatic hydroxyl groups is 1. The van der Waals surface area contributed by atoms with Crippen molar-refractivity contribution in [3.63, 3.8) is 0 Å². The molecule has 0 saturated carbocycles. The minimum absolute atomic E-state index is 0.502. The Morgan fingerprint density at radius 3 is 2.38 bits per heavy atom. The number of aryl methyl sites for hydroxylation is 1. The first kappa shape index (κ1) is 10.6. The summed E-state index contributed by atoms with van der Waals surface area (Å²) in [4.78, 5) is 22.2. The van der Waals surface area contributed by atoms with Gasteiger partial charge in [0.2, 0.25) is 0 Å². The minimum Gasteiger partial charge on any atom is -0.386 e. The van der Waals surface area contributed by atoms with E-state index in [9.17, 15) is 14.7 Å². The molecule has 0 aliphatic carbocycles. The van der Waals surface area contributed by atoms with Crippen molar-refractivity contribution in [3.8, 4) is 0 Å². The van der Waals surface area contributed by atoms with Crippen molar-refractivity contribution in [1.82, 2.24) is 10.6 Å². The van der Waals surface area contributed by atoms with E-state index in [1.165, 1.54) is 0 Å². The van der Waals surface area contributed by atoms with Gasteiger partial charge < -0.3 is 10.4 Å². The van der Waals surface area contributed by atoms with Crippen LogP contribution in [-0.2, 0) is 4.79 Å². The summed E-state index contributed by atoms with van der Waals surface area (Å²) in [5, 5.41) is 14.4. The molecule has 1 aliphatic rings. The number of benzene rings is 1. The zero-order chi connectivity index (χ0) is 11.7. The molecule has 84 valence electrons. The molecule has 5 nitrogen and oxygen atoms in total. The molecule has 1 saturated heterocycles. The molecule has 3 amide bonds. The van der Waals surface area contributed by atoms with Crippen LogP contribution >= 0.6 is 0 Å². The number of amides is 3. The zero-order valence-electron chi connectivity index (χ0n) is 8.73. The number of rotatable bonds is 2. The van der Waals surface area contributed by atoms with Crippen LogP contribution < -0.4 is 10.6 Å². The lowest BCUT2D eigenvalue weighted by atomic mass is 10.0. The van der Waals surface area contributed by atoms with Crippen molar-refractivity contribution < 1.29 is 14.7 Å². The number of aliphatic hydroxyl groups excluding tert-OH is 1. The van der Waals surface area contributed by atoms with Gasteiger partial charge in [0.05, 0.1) is 0 Å². The third-order valence-electron chi connectivity index (χ3n) is 2.54. The first-order chi connectivity index (χ1) is 7.58. The molecule has 1 heterocycles. The fraction of sp³-hybridized carbons (Fsp3) is 0.273. The number of nitrogens with one attached hydrogen (secondary N) is 2. The quantitative estimate of drug-likeness (QED) is 0.624. The molecular formula is C11H12N2O3. The average Bonchev–Trinajstić information content (AvgIpc) is 2.58. The highest BCUT2D eigenvalue weighted by molar-refractivity contribution is 6.04. The maximum absolute atomic E-state index is 11.3. The first-order valence-electron chi connectivity index (χ1n) is 4.94. The molecule has 3 N–H and O–H groups in total. The SMILES string of the molecule is Cc1ccc(C(O)C2NC(=O)NC2=O)cc1. The summed E-state index contributed by atoms with van der Waals surface area (Å²) in [5.74, 6) is -0.502. The van der Waals surface area contributed by atoms with Crippen molar-refractivity contribution in [2.24, 2.45) is 0 Å². The Labute approximate surface area is 92.5 Å². The van der Waals surface area contributed by atoms with Crippen LogP contribution in [0.25, 0.3) is 0 Å². The second-order valence-electron chi connectivity index (χ2n) is 3.80. The predicted octanol–water partition coefficient (Wildman–Crippen LogP) is 0.236. The number of urea groups is 1. The van der Waals surface area contributed by atoms with Crippen LogP contribution in [0.3, 0.4) is 0 Å². The lowest BCUT2D eigenvalue weighted by molar-refractivity contribution is -0.122. The van der Waals surface area contributed by atoms with Crippen molar-refractivity contribution in [1.29, 1.82) is 0 Å². The monoisotopic (exact) mass is 220 g/mol. The molecule has 1 aromatic carbocycles. The standard InChI is InChI=1S/C11H12N2O3/c1-6-2-4-7(5-3-6)9(14)8-10(15)13-11(16)12-8/h2-5,8-9,14H,1H3,(H2,12,13,15,16). The molecule has 5 heteroatoms. The maximum atomic E-state index is 11.3. The molecule has 0 aromatic heterocycles. The molecule has 1 aliphatic heterocycles. The van der Waals surface area contributed by atoms with E-state index in [4.69, 9.17) is 0 Å². The lowest BCUT2D eigenvalue weighted by Gasteiger charge is -2.15. The van der Waals surface area contributed by atoms with E-state index in [2.05, 4.69) is 10.6 Å². The second kappa shape index (κ2) is 3.94. The Morgan fingerprint density at radius 1 is 1.25 bits per heavy atom. The van der Waals surface area contributed by atoms with E-state index in [0.29, 0.717) is 5.56 Å². The van der Waals surface area contributed by atoms with Gasteiger partial charge in [-0.3, -0.25) is 10.1 Å². The molecular weight excluding hydrogens is 208 g/mol. The van der Waals surface area contributed by atoms with E-state index in [0.717, 1.165) is 5.56 Å². The zero-order valence-corrected chi connectivity index (χ0v) is 8.73. The third-order valence-corrected chi connectivity index (χ3v) is 2.54. The van der Waals surface area contributed by atoms with E-state index >= 15 is 0 Å². The summed E-state index contributed by atoms with van der Waals surface area (Å²) >= 11 is 0. The summed E-state index contributed by atoms with van der Waals surface area (Å²) in [6.45, 7) is 1.93. The van der Waals surface area contributed by atoms with Gasteiger partial charge in [-0.25, -0.2) is 4.79 Å². The van der Waals surface area contributed by atoms with Gasteiger partial charge in [0, 0.05) is 0 Å². The Bertz CT molecular complexity index is 427. The molecule has 2 unspecified atom stereocenters. The van der Waals surface area contributed by atoms with Gasteiger partial charge in [0.15, 0.2) is 0 Å². The van der Waals surface area contributed by atoms with Crippen molar-refractivity contribution in [3.05, 3.63) is 35.4 Å². The highest BCUT2D eigenvalue weighted by atomic mass is 16.3. The maximum Gasteiger partial charge on any atom is 0.322 e. The fourth-order valence-corrected chi connectivity index (χ4v) is 1.61. The predicted molar refractivity (Wildman–Crippen MR) is 56.6 cm³/mol. The smallest absolute Gasteiger partial charge is 0.322 e. The van der Waals surface area contributed by atoms with Crippen molar-refractivity contribution in [2.75, 3.05) is 0 Å². The van der Waals surface area contributed by atoms with Crippen LogP contribution in [0.4, 0.5) is 4.79 Å². The average molecular weight is 220 g/mol. The molecule has 16 heavy (non-hydrogen) atoms. The van der Waals surface area contributed by atoms with Gasteiger partial charge in [0.1, 0.15) is 12.1 Å². The number of carbonyl (C=O) groups excluding carboxylic acids is 2. The summed E-state index contributed by atoms with van der Waals surface area (Å²) in [6.07, 6.45) is -1.02. The van der Waals surface area contributed by atoms with Gasteiger partial charge >= 0.3 is 6.03 Å². The van der Waals surface area contributed by atoms with E-state index in [-0.39, 0.29) is 0 Å². The van der Waals surface area contributed by atoms with Crippen molar-refractivity contribution >= 4 is 11.9 Å². The minimum atomic E-state index is -1.02. The number of imide groups is 1. The second-order valence-corrected chi connectivity index (χ2v) is 3.80. The van der Waals surface area contributed by atoms with Crippen LogP contribution in [0.2, 0.25) is 0 Å². The fourth-order valence-electron chi connectivity index (χ4n) is 1.61. The van der Waals surface area contributed by atoms with Crippen LogP contribution in [0.15, 0.2) is 24.3 Å². The summed E-state index contributed by atoms with van der Waals surface area (Å²) < 4.78 is 0. The molecule has 1 aromatic rings. The Hall–Kier alpha value is -1.88. The normalized spacial score (nSPS) is 21.5. The molecule has 2 atom stereocenters. The van der Waals surface area contributed by atoms with Gasteiger partial charge in [0.25, 0.3) is 5.91 Å². The van der Waals surface area contributed by atoms with Gasteiger partial charge in [-0.05, 0) is 12.5 Å². The largest absolute Gasteiger partial charge is 0.386 e. The van der Waals surface area contributed by atoms with E-state index < -0.39 is 24.1 Å². The number of carbonyl (C=O) groups is 2. The van der Waals surface area contributed by atoms with Gasteiger partial charge in [-0.2, -0.15) is 0 Å². The molecule has 0 radical (unpaired) electrons. The molecule has 0 bridgehead atoms. The topological polar surface area (TPSA) is 78.4 Å². The molecule has 0 spiro atoms. The lowest BCUT2D eigenvalue weighted by Crippen LogP contribution is -2.35. The third kappa shape index (κ3) is 1.90. The molecule has 2 rings (SSSR count). The van der Waals surface area contributed by atoms with Gasteiger partial charge in [-0.1, -0.05) is 29.8 Å². The van der Waals surface area contributed by atoms with Crippen LogP contribution in [-0.4, -0.2) is 23.1 Å². The highest BCUT2D eigenvalue weighted by Crippen LogP contribution is 2.19. The van der Waals surface area contributed by atoms with Crippen LogP contribution in [0.5, 0.6) is 0 Å². The number of hydrogen-bond donors (Lipinski definition) is 3. The van der Waals surface area contributed by atoms with Crippen molar-refractivity contribution in [2.45, 2.75) is 19.1 Å². The van der Waals surface area contributed by atoms with E-state index in [1.54, 1.807) is 12.1 Å². The Morgan fingerprint density at radius 2 is 1.88 bits per heavy atom. The van der Waals surface area contributed by atoms with Gasteiger partial charge in [-0.15, -0.1) is 0 Å². The Balaban J connectivity index is 2.19.